The molecule has 1 unspecified atom stereocenters. The Morgan fingerprint density at radius 2 is 2.15 bits per heavy atom. The van der Waals surface area contributed by atoms with Crippen LogP contribution in [-0.2, 0) is 16.1 Å². The third-order valence-corrected chi connectivity index (χ3v) is 2.65. The molecular weight excluding hydrogens is 210 g/mol. The van der Waals surface area contributed by atoms with Gasteiger partial charge in [0.1, 0.15) is 16.1 Å². The third kappa shape index (κ3) is 7.31. The molecule has 0 amide bonds. The Hall–Kier alpha value is 0.230. The molecule has 0 aliphatic rings. The predicted molar refractivity (Wildman–Crippen MR) is 57.9 cm³/mol. The minimum Gasteiger partial charge on any atom is -0.591 e. The molecule has 0 aliphatic carbocycles. The average molecular weight is 226 g/mol. The summed E-state index contributed by atoms with van der Waals surface area (Å²) in [7, 11) is 0. The largest absolute Gasteiger partial charge is 0.591 e. The van der Waals surface area contributed by atoms with Crippen LogP contribution >= 0.6 is 11.6 Å². The van der Waals surface area contributed by atoms with Crippen molar-refractivity contribution in [3.8, 4) is 0 Å². The lowest BCUT2D eigenvalue weighted by molar-refractivity contribution is 0.192. The van der Waals surface area contributed by atoms with E-state index >= 15 is 0 Å². The van der Waals surface area contributed by atoms with Gasteiger partial charge in [0.25, 0.3) is 0 Å². The monoisotopic (exact) mass is 225 g/mol. The van der Waals surface area contributed by atoms with Gasteiger partial charge in [0.2, 0.25) is 0 Å². The highest BCUT2D eigenvalue weighted by Gasteiger charge is 2.25. The summed E-state index contributed by atoms with van der Waals surface area (Å²) in [5, 5.41) is 0. The molecule has 0 rings (SSSR count). The van der Waals surface area contributed by atoms with Crippen molar-refractivity contribution in [2.75, 3.05) is 19.1 Å². The van der Waals surface area contributed by atoms with Gasteiger partial charge in [-0.25, -0.2) is 0 Å². The van der Waals surface area contributed by atoms with Crippen molar-refractivity contribution < 1.29 is 9.29 Å². The summed E-state index contributed by atoms with van der Waals surface area (Å²) in [6, 6.07) is 0. The van der Waals surface area contributed by atoms with E-state index < -0.39 is 11.4 Å². The lowest BCUT2D eigenvalue weighted by atomic mass is 10.3. The van der Waals surface area contributed by atoms with E-state index in [4.69, 9.17) is 16.3 Å². The molecule has 0 aromatic carbocycles. The van der Waals surface area contributed by atoms with Crippen LogP contribution in [0.1, 0.15) is 20.8 Å². The van der Waals surface area contributed by atoms with E-state index in [-0.39, 0.29) is 4.75 Å². The molecule has 0 spiro atoms. The molecule has 0 saturated carbocycles. The van der Waals surface area contributed by atoms with E-state index in [0.717, 1.165) is 0 Å². The van der Waals surface area contributed by atoms with Gasteiger partial charge in [-0.15, -0.1) is 11.6 Å². The Labute approximate surface area is 87.8 Å². The second kappa shape index (κ2) is 6.65. The Balaban J connectivity index is 3.60. The second-order valence-corrected chi connectivity index (χ2v) is 5.73. The third-order valence-electron chi connectivity index (χ3n) is 1.11. The van der Waals surface area contributed by atoms with E-state index in [1.54, 1.807) is 0 Å². The normalized spacial score (nSPS) is 15.2. The van der Waals surface area contributed by atoms with Crippen LogP contribution in [0.2, 0.25) is 0 Å². The zero-order chi connectivity index (χ0) is 10.3. The molecule has 0 heterocycles. The van der Waals surface area contributed by atoms with Crippen molar-refractivity contribution in [2.24, 2.45) is 4.40 Å². The maximum Gasteiger partial charge on any atom is 0.144 e. The van der Waals surface area contributed by atoms with Gasteiger partial charge in [-0.05, 0) is 20.8 Å². The van der Waals surface area contributed by atoms with Gasteiger partial charge in [0.05, 0.1) is 19.4 Å². The molecule has 0 saturated heterocycles. The van der Waals surface area contributed by atoms with Gasteiger partial charge in [-0.1, -0.05) is 4.40 Å². The van der Waals surface area contributed by atoms with Crippen LogP contribution in [-0.4, -0.2) is 34.6 Å². The molecule has 0 radical (unpaired) electrons. The quantitative estimate of drug-likeness (QED) is 0.310. The van der Waals surface area contributed by atoms with Gasteiger partial charge in [-0.3, -0.25) is 0 Å². The molecule has 5 heteroatoms. The summed E-state index contributed by atoms with van der Waals surface area (Å²) >= 11 is 4.20. The van der Waals surface area contributed by atoms with Crippen molar-refractivity contribution in [1.82, 2.24) is 0 Å². The highest BCUT2D eigenvalue weighted by atomic mass is 35.5. The van der Waals surface area contributed by atoms with Crippen LogP contribution in [0.5, 0.6) is 0 Å². The minimum atomic E-state index is -1.19. The van der Waals surface area contributed by atoms with Crippen LogP contribution in [0, 0.1) is 0 Å². The fourth-order valence-corrected chi connectivity index (χ4v) is 1.07. The van der Waals surface area contributed by atoms with E-state index in [1.807, 2.05) is 20.8 Å². The summed E-state index contributed by atoms with van der Waals surface area (Å²) in [6.45, 7) is 6.49. The Morgan fingerprint density at radius 3 is 2.62 bits per heavy atom. The fourth-order valence-electron chi connectivity index (χ4n) is 0.447. The molecular formula is C8H16ClNO2S. The second-order valence-electron chi connectivity index (χ2n) is 3.41. The zero-order valence-electron chi connectivity index (χ0n) is 8.25. The molecule has 0 aromatic rings. The Bertz CT molecular complexity index is 159. The lowest BCUT2D eigenvalue weighted by Crippen LogP contribution is -2.26. The SMILES string of the molecule is CC(C)(C)[S+]([O-])N=CCOCCCl. The van der Waals surface area contributed by atoms with Gasteiger partial charge < -0.3 is 9.29 Å². The summed E-state index contributed by atoms with van der Waals surface area (Å²) in [4.78, 5) is 0. The summed E-state index contributed by atoms with van der Waals surface area (Å²) in [5.74, 6) is 0.468. The van der Waals surface area contributed by atoms with Gasteiger partial charge in [-0.2, -0.15) is 0 Å². The standard InChI is InChI=1S/C8H16ClNO2S/c1-8(2,3)13(11)10-5-7-12-6-4-9/h5H,4,6-7H2,1-3H3. The number of halogens is 1. The Kier molecular flexibility index (Phi) is 6.77. The highest BCUT2D eigenvalue weighted by molar-refractivity contribution is 7.91. The summed E-state index contributed by atoms with van der Waals surface area (Å²) in [5.41, 5.74) is 0. The first-order chi connectivity index (χ1) is 5.98. The zero-order valence-corrected chi connectivity index (χ0v) is 9.82. The topological polar surface area (TPSA) is 44.7 Å². The fraction of sp³-hybridized carbons (Fsp3) is 0.875. The van der Waals surface area contributed by atoms with E-state index in [9.17, 15) is 4.55 Å². The first kappa shape index (κ1) is 13.2. The molecule has 0 aromatic heterocycles. The van der Waals surface area contributed by atoms with Gasteiger partial charge in [0.15, 0.2) is 0 Å². The molecule has 0 aliphatic heterocycles. The number of hydrogen-bond donors (Lipinski definition) is 0. The van der Waals surface area contributed by atoms with Gasteiger partial charge >= 0.3 is 0 Å². The van der Waals surface area contributed by atoms with E-state index in [0.29, 0.717) is 19.1 Å². The highest BCUT2D eigenvalue weighted by Crippen LogP contribution is 2.16. The molecule has 0 fully saturated rings. The number of alkyl halides is 1. The van der Waals surface area contributed by atoms with Crippen molar-refractivity contribution in [1.29, 1.82) is 0 Å². The minimum absolute atomic E-state index is 0.303. The smallest absolute Gasteiger partial charge is 0.144 e. The number of nitrogens with zero attached hydrogens (tertiary/aromatic N) is 1. The molecule has 13 heavy (non-hydrogen) atoms. The number of hydrogen-bond acceptors (Lipinski definition) is 3. The maximum absolute atomic E-state index is 11.3. The first-order valence-corrected chi connectivity index (χ1v) is 5.71. The van der Waals surface area contributed by atoms with Gasteiger partial charge in [0, 0.05) is 5.88 Å². The van der Waals surface area contributed by atoms with Crippen molar-refractivity contribution in [3.63, 3.8) is 0 Å². The molecule has 0 N–H and O–H groups in total. The molecule has 78 valence electrons. The number of ether oxygens (including phenoxy) is 1. The average Bonchev–Trinajstić information content (AvgIpc) is 2.02. The van der Waals surface area contributed by atoms with Crippen molar-refractivity contribution in [2.45, 2.75) is 25.5 Å². The first-order valence-electron chi connectivity index (χ1n) is 4.06. The van der Waals surface area contributed by atoms with Crippen LogP contribution in [0.4, 0.5) is 0 Å². The van der Waals surface area contributed by atoms with Crippen LogP contribution in [0.25, 0.3) is 0 Å². The molecule has 1 atom stereocenters. The predicted octanol–water partition coefficient (Wildman–Crippen LogP) is 1.77. The molecule has 3 nitrogen and oxygen atoms in total. The molecule has 0 bridgehead atoms. The summed E-state index contributed by atoms with van der Waals surface area (Å²) < 4.78 is 19.9. The number of rotatable bonds is 5. The Morgan fingerprint density at radius 1 is 1.54 bits per heavy atom. The van der Waals surface area contributed by atoms with Crippen LogP contribution in [0.3, 0.4) is 0 Å². The van der Waals surface area contributed by atoms with E-state index in [2.05, 4.69) is 4.40 Å². The van der Waals surface area contributed by atoms with Crippen molar-refractivity contribution in [3.05, 3.63) is 0 Å². The van der Waals surface area contributed by atoms with Crippen LogP contribution < -0.4 is 0 Å². The maximum atomic E-state index is 11.3. The van der Waals surface area contributed by atoms with Crippen molar-refractivity contribution >= 4 is 29.2 Å². The van der Waals surface area contributed by atoms with Crippen LogP contribution in [0.15, 0.2) is 4.40 Å². The summed E-state index contributed by atoms with van der Waals surface area (Å²) in [6.07, 6.45) is 1.52. The van der Waals surface area contributed by atoms with E-state index in [1.165, 1.54) is 6.21 Å². The lowest BCUT2D eigenvalue weighted by Gasteiger charge is -2.17.